The molecule has 1 aromatic heterocycles. The Hall–Kier alpha value is -1.33. The van der Waals surface area contributed by atoms with E-state index in [0.717, 1.165) is 31.6 Å². The molecule has 0 N–H and O–H groups in total. The predicted octanol–water partition coefficient (Wildman–Crippen LogP) is 2.46. The van der Waals surface area contributed by atoms with Crippen LogP contribution in [-0.2, 0) is 0 Å². The van der Waals surface area contributed by atoms with Crippen LogP contribution in [0.1, 0.15) is 42.8 Å². The van der Waals surface area contributed by atoms with Crippen LogP contribution >= 0.6 is 0 Å². The van der Waals surface area contributed by atoms with Gasteiger partial charge in [0.25, 0.3) is 5.91 Å². The van der Waals surface area contributed by atoms with Gasteiger partial charge in [0.15, 0.2) is 5.76 Å². The monoisotopic (exact) mass is 333 g/mol. The molecule has 0 saturated carbocycles. The van der Waals surface area contributed by atoms with Gasteiger partial charge in [-0.15, -0.1) is 0 Å². The molecular weight excluding hydrogens is 302 g/mol. The Bertz CT molecular complexity index is 581. The summed E-state index contributed by atoms with van der Waals surface area (Å²) in [6.45, 7) is 9.32. The summed E-state index contributed by atoms with van der Waals surface area (Å²) in [5.41, 5.74) is 0.933. The van der Waals surface area contributed by atoms with Gasteiger partial charge >= 0.3 is 0 Å². The summed E-state index contributed by atoms with van der Waals surface area (Å²) in [7, 11) is 4.30. The highest BCUT2D eigenvalue weighted by Crippen LogP contribution is 2.37. The molecule has 1 aromatic rings. The largest absolute Gasteiger partial charge is 0.459 e. The third-order valence-electron chi connectivity index (χ3n) is 5.59. The van der Waals surface area contributed by atoms with E-state index in [2.05, 4.69) is 37.7 Å². The molecule has 2 aliphatic rings. The topological polar surface area (TPSA) is 39.9 Å². The lowest BCUT2D eigenvalue weighted by atomic mass is 9.91. The Labute approximate surface area is 145 Å². The van der Waals surface area contributed by atoms with Crippen LogP contribution in [0.3, 0.4) is 0 Å². The van der Waals surface area contributed by atoms with E-state index in [0.29, 0.717) is 29.8 Å². The number of hydrogen-bond acceptors (Lipinski definition) is 4. The van der Waals surface area contributed by atoms with Crippen LogP contribution in [-0.4, -0.2) is 72.5 Å². The Balaban J connectivity index is 1.72. The molecule has 134 valence electrons. The summed E-state index contributed by atoms with van der Waals surface area (Å²) in [6, 6.07) is 3.62. The van der Waals surface area contributed by atoms with Crippen molar-refractivity contribution < 1.29 is 9.21 Å². The van der Waals surface area contributed by atoms with Crippen molar-refractivity contribution in [3.63, 3.8) is 0 Å². The number of amides is 1. The highest BCUT2D eigenvalue weighted by molar-refractivity contribution is 5.92. The lowest BCUT2D eigenvalue weighted by Gasteiger charge is -2.40. The first-order valence-electron chi connectivity index (χ1n) is 9.14. The number of carbonyl (C=O) groups excluding carboxylic acids is 1. The third-order valence-corrected chi connectivity index (χ3v) is 5.59. The molecule has 0 aliphatic carbocycles. The van der Waals surface area contributed by atoms with Gasteiger partial charge in [-0.1, -0.05) is 0 Å². The number of rotatable bonds is 4. The third kappa shape index (κ3) is 3.24. The Morgan fingerprint density at radius 2 is 2.17 bits per heavy atom. The van der Waals surface area contributed by atoms with E-state index in [-0.39, 0.29) is 5.91 Å². The molecule has 3 rings (SSSR count). The maximum atomic E-state index is 12.8. The maximum absolute atomic E-state index is 12.8. The number of piperidine rings is 1. The number of furan rings is 1. The number of carbonyl (C=O) groups is 1. The minimum Gasteiger partial charge on any atom is -0.459 e. The summed E-state index contributed by atoms with van der Waals surface area (Å²) in [5.74, 6) is 1.14. The number of likely N-dealkylation sites (N-methyl/N-ethyl adjacent to an activating group) is 1. The van der Waals surface area contributed by atoms with Gasteiger partial charge < -0.3 is 14.2 Å². The lowest BCUT2D eigenvalue weighted by molar-refractivity contribution is 0.0496. The van der Waals surface area contributed by atoms with Gasteiger partial charge in [-0.2, -0.15) is 0 Å². The molecular formula is C19H31N3O2. The van der Waals surface area contributed by atoms with Crippen molar-refractivity contribution >= 4 is 5.91 Å². The average Bonchev–Trinajstić information content (AvgIpc) is 3.07. The lowest BCUT2D eigenvalue weighted by Crippen LogP contribution is -2.51. The van der Waals surface area contributed by atoms with E-state index in [9.17, 15) is 4.79 Å². The minimum absolute atomic E-state index is 0.0584. The number of likely N-dealkylation sites (tertiary alicyclic amines) is 2. The number of hydrogen-bond donors (Lipinski definition) is 0. The van der Waals surface area contributed by atoms with E-state index in [1.807, 2.05) is 17.9 Å². The number of fused-ring (bicyclic) bond motifs is 1. The van der Waals surface area contributed by atoms with Crippen molar-refractivity contribution in [1.82, 2.24) is 14.7 Å². The highest BCUT2D eigenvalue weighted by atomic mass is 16.3. The van der Waals surface area contributed by atoms with Crippen LogP contribution in [0.4, 0.5) is 0 Å². The van der Waals surface area contributed by atoms with E-state index in [1.54, 1.807) is 6.26 Å². The molecule has 0 unspecified atom stereocenters. The van der Waals surface area contributed by atoms with Crippen LogP contribution in [0, 0.1) is 12.8 Å². The summed E-state index contributed by atoms with van der Waals surface area (Å²) >= 11 is 0. The van der Waals surface area contributed by atoms with Crippen molar-refractivity contribution in [2.45, 2.75) is 51.7 Å². The van der Waals surface area contributed by atoms with Gasteiger partial charge in [-0.05, 0) is 59.7 Å². The van der Waals surface area contributed by atoms with Gasteiger partial charge in [-0.25, -0.2) is 0 Å². The quantitative estimate of drug-likeness (QED) is 0.849. The second-order valence-electron chi connectivity index (χ2n) is 7.99. The molecule has 24 heavy (non-hydrogen) atoms. The zero-order chi connectivity index (χ0) is 17.4. The van der Waals surface area contributed by atoms with Gasteiger partial charge in [0.05, 0.1) is 6.26 Å². The van der Waals surface area contributed by atoms with Gasteiger partial charge in [-0.3, -0.25) is 9.69 Å². The van der Waals surface area contributed by atoms with E-state index >= 15 is 0 Å². The summed E-state index contributed by atoms with van der Waals surface area (Å²) in [4.78, 5) is 19.7. The zero-order valence-electron chi connectivity index (χ0n) is 15.7. The molecule has 3 atom stereocenters. The van der Waals surface area contributed by atoms with Gasteiger partial charge in [0.1, 0.15) is 0 Å². The van der Waals surface area contributed by atoms with Crippen molar-refractivity contribution in [3.8, 4) is 0 Å². The number of nitrogens with zero attached hydrogens (tertiary/aromatic N) is 3. The molecule has 2 saturated heterocycles. The summed E-state index contributed by atoms with van der Waals surface area (Å²) in [6.07, 6.45) is 3.86. The highest BCUT2D eigenvalue weighted by Gasteiger charge is 2.45. The SMILES string of the molecule is Cc1ccoc1C(=O)N1CC[C@H]2[C@H](C[C@@H](CN(C)C)N2C(C)C)C1. The predicted molar refractivity (Wildman–Crippen MR) is 95.2 cm³/mol. The second kappa shape index (κ2) is 6.89. The molecule has 5 nitrogen and oxygen atoms in total. The molecule has 0 spiro atoms. The molecule has 2 fully saturated rings. The Morgan fingerprint density at radius 3 is 2.75 bits per heavy atom. The van der Waals surface area contributed by atoms with Crippen LogP contribution in [0.25, 0.3) is 0 Å². The molecule has 3 heterocycles. The zero-order valence-corrected chi connectivity index (χ0v) is 15.7. The average molecular weight is 333 g/mol. The van der Waals surface area contributed by atoms with Gasteiger partial charge in [0.2, 0.25) is 0 Å². The first-order chi connectivity index (χ1) is 11.4. The van der Waals surface area contributed by atoms with Crippen molar-refractivity contribution in [2.75, 3.05) is 33.7 Å². The van der Waals surface area contributed by atoms with Crippen LogP contribution in [0.15, 0.2) is 16.7 Å². The van der Waals surface area contributed by atoms with E-state index in [4.69, 9.17) is 4.42 Å². The van der Waals surface area contributed by atoms with E-state index in [1.165, 1.54) is 6.42 Å². The summed E-state index contributed by atoms with van der Waals surface area (Å²) in [5, 5.41) is 0. The van der Waals surface area contributed by atoms with Crippen LogP contribution in [0.2, 0.25) is 0 Å². The Morgan fingerprint density at radius 1 is 1.42 bits per heavy atom. The minimum atomic E-state index is 0.0584. The van der Waals surface area contributed by atoms with Crippen LogP contribution < -0.4 is 0 Å². The van der Waals surface area contributed by atoms with Gasteiger partial charge in [0, 0.05) is 43.3 Å². The number of aryl methyl sites for hydroxylation is 1. The first-order valence-corrected chi connectivity index (χ1v) is 9.14. The molecule has 0 aromatic carbocycles. The maximum Gasteiger partial charge on any atom is 0.289 e. The molecule has 0 radical (unpaired) electrons. The first kappa shape index (κ1) is 17.5. The fourth-order valence-electron chi connectivity index (χ4n) is 4.70. The standard InChI is InChI=1S/C19H31N3O2/c1-13(2)22-16(12-20(4)5)10-15-11-21(8-6-17(15)22)19(23)18-14(3)7-9-24-18/h7,9,13,15-17H,6,8,10-12H2,1-5H3/t15-,16+,17+/m1/s1. The normalized spacial score (nSPS) is 28.0. The fourth-order valence-corrected chi connectivity index (χ4v) is 4.70. The smallest absolute Gasteiger partial charge is 0.289 e. The van der Waals surface area contributed by atoms with Crippen molar-refractivity contribution in [3.05, 3.63) is 23.7 Å². The molecule has 1 amide bonds. The Kier molecular flexibility index (Phi) is 5.02. The summed E-state index contributed by atoms with van der Waals surface area (Å²) < 4.78 is 5.42. The molecule has 2 aliphatic heterocycles. The van der Waals surface area contributed by atoms with Crippen LogP contribution in [0.5, 0.6) is 0 Å². The second-order valence-corrected chi connectivity index (χ2v) is 7.99. The van der Waals surface area contributed by atoms with Crippen molar-refractivity contribution in [2.24, 2.45) is 5.92 Å². The molecule has 5 heteroatoms. The molecule has 0 bridgehead atoms. The van der Waals surface area contributed by atoms with Crippen molar-refractivity contribution in [1.29, 1.82) is 0 Å². The van der Waals surface area contributed by atoms with E-state index < -0.39 is 0 Å². The fraction of sp³-hybridized carbons (Fsp3) is 0.737.